The topological polar surface area (TPSA) is 38.9 Å². The van der Waals surface area contributed by atoms with Gasteiger partial charge in [-0.3, -0.25) is 0 Å². The van der Waals surface area contributed by atoms with E-state index < -0.39 is 11.6 Å². The first kappa shape index (κ1) is 12.7. The Bertz CT molecular complexity index is 603. The van der Waals surface area contributed by atoms with Crippen molar-refractivity contribution in [3.8, 4) is 11.3 Å². The molecule has 1 aromatic heterocycles. The lowest BCUT2D eigenvalue weighted by molar-refractivity contribution is 0.459. The second-order valence-corrected chi connectivity index (χ2v) is 5.88. The number of aromatic nitrogens is 1. The zero-order valence-electron chi connectivity index (χ0n) is 10.3. The zero-order chi connectivity index (χ0) is 13.5. The molecule has 0 spiro atoms. The third kappa shape index (κ3) is 2.28. The van der Waals surface area contributed by atoms with E-state index in [1.54, 1.807) is 5.38 Å². The monoisotopic (exact) mass is 280 g/mol. The van der Waals surface area contributed by atoms with Gasteiger partial charge in [0.25, 0.3) is 0 Å². The van der Waals surface area contributed by atoms with Crippen molar-refractivity contribution in [2.45, 2.75) is 31.2 Å². The van der Waals surface area contributed by atoms with Crippen LogP contribution in [0, 0.1) is 11.6 Å². The molecule has 0 saturated heterocycles. The molecule has 0 unspecified atom stereocenters. The summed E-state index contributed by atoms with van der Waals surface area (Å²) in [5.74, 6) is -1.17. The van der Waals surface area contributed by atoms with Gasteiger partial charge in [0.1, 0.15) is 16.6 Å². The average molecular weight is 280 g/mol. The van der Waals surface area contributed by atoms with Gasteiger partial charge in [-0.05, 0) is 25.0 Å². The number of rotatable bonds is 2. The predicted molar refractivity (Wildman–Crippen MR) is 71.8 cm³/mol. The summed E-state index contributed by atoms with van der Waals surface area (Å²) in [6, 6.07) is 3.54. The van der Waals surface area contributed by atoms with Crippen LogP contribution in [0.4, 0.5) is 8.78 Å². The smallest absolute Gasteiger partial charge is 0.135 e. The fourth-order valence-corrected chi connectivity index (χ4v) is 3.54. The van der Waals surface area contributed by atoms with E-state index in [2.05, 4.69) is 4.98 Å². The minimum absolute atomic E-state index is 0.325. The highest BCUT2D eigenvalue weighted by Gasteiger charge is 2.34. The Morgan fingerprint density at radius 1 is 1.21 bits per heavy atom. The minimum atomic E-state index is -0.589. The molecule has 1 saturated carbocycles. The van der Waals surface area contributed by atoms with Crippen LogP contribution in [0.2, 0.25) is 0 Å². The molecule has 5 heteroatoms. The molecule has 0 aliphatic heterocycles. The van der Waals surface area contributed by atoms with Crippen molar-refractivity contribution in [2.75, 3.05) is 0 Å². The van der Waals surface area contributed by atoms with Crippen molar-refractivity contribution < 1.29 is 8.78 Å². The van der Waals surface area contributed by atoms with E-state index in [9.17, 15) is 8.78 Å². The Kier molecular flexibility index (Phi) is 3.11. The van der Waals surface area contributed by atoms with Crippen molar-refractivity contribution >= 4 is 11.3 Å². The second-order valence-electron chi connectivity index (χ2n) is 5.03. The standard InChI is InChI=1S/C14H14F2N2S/c15-9-3-4-10(11(16)7-9)12-8-19-13(18-12)14(17)5-1-2-6-14/h3-4,7-8H,1-2,5-6,17H2. The van der Waals surface area contributed by atoms with E-state index in [-0.39, 0.29) is 5.54 Å². The highest BCUT2D eigenvalue weighted by molar-refractivity contribution is 7.10. The molecule has 2 N–H and O–H groups in total. The lowest BCUT2D eigenvalue weighted by Gasteiger charge is -2.19. The summed E-state index contributed by atoms with van der Waals surface area (Å²) in [4.78, 5) is 4.46. The lowest BCUT2D eigenvalue weighted by Crippen LogP contribution is -2.32. The predicted octanol–water partition coefficient (Wildman–Crippen LogP) is 3.82. The molecule has 0 atom stereocenters. The highest BCUT2D eigenvalue weighted by Crippen LogP contribution is 2.39. The quantitative estimate of drug-likeness (QED) is 0.908. The van der Waals surface area contributed by atoms with Crippen molar-refractivity contribution in [1.82, 2.24) is 4.98 Å². The fraction of sp³-hybridized carbons (Fsp3) is 0.357. The van der Waals surface area contributed by atoms with Gasteiger partial charge in [-0.25, -0.2) is 13.8 Å². The molecule has 1 aliphatic rings. The minimum Gasteiger partial charge on any atom is -0.319 e. The molecule has 1 aliphatic carbocycles. The number of halogens is 2. The highest BCUT2D eigenvalue weighted by atomic mass is 32.1. The van der Waals surface area contributed by atoms with Gasteiger partial charge < -0.3 is 5.73 Å². The summed E-state index contributed by atoms with van der Waals surface area (Å²) in [6.07, 6.45) is 4.06. The Morgan fingerprint density at radius 3 is 2.63 bits per heavy atom. The van der Waals surface area contributed by atoms with E-state index in [1.165, 1.54) is 23.5 Å². The number of hydrogen-bond acceptors (Lipinski definition) is 3. The van der Waals surface area contributed by atoms with Crippen LogP contribution in [0.25, 0.3) is 11.3 Å². The maximum absolute atomic E-state index is 13.7. The molecular formula is C14H14F2N2S. The summed E-state index contributed by atoms with van der Waals surface area (Å²) in [6.45, 7) is 0. The molecule has 1 aromatic carbocycles. The van der Waals surface area contributed by atoms with Crippen LogP contribution < -0.4 is 5.73 Å². The second kappa shape index (κ2) is 4.65. The van der Waals surface area contributed by atoms with Crippen molar-refractivity contribution in [3.05, 3.63) is 40.2 Å². The number of nitrogens with two attached hydrogens (primary N) is 1. The van der Waals surface area contributed by atoms with Crippen molar-refractivity contribution in [3.63, 3.8) is 0 Å². The Hall–Kier alpha value is -1.33. The van der Waals surface area contributed by atoms with Gasteiger partial charge in [0.15, 0.2) is 0 Å². The molecule has 2 nitrogen and oxygen atoms in total. The first-order valence-corrected chi connectivity index (χ1v) is 7.17. The van der Waals surface area contributed by atoms with Crippen LogP contribution in [0.1, 0.15) is 30.7 Å². The normalized spacial score (nSPS) is 17.8. The molecule has 0 amide bonds. The van der Waals surface area contributed by atoms with E-state index in [1.807, 2.05) is 0 Å². The fourth-order valence-electron chi connectivity index (χ4n) is 2.54. The molecule has 0 bridgehead atoms. The summed E-state index contributed by atoms with van der Waals surface area (Å²) < 4.78 is 26.6. The number of benzene rings is 1. The summed E-state index contributed by atoms with van der Waals surface area (Å²) in [5.41, 5.74) is 6.83. The van der Waals surface area contributed by atoms with Gasteiger partial charge in [0, 0.05) is 17.0 Å². The van der Waals surface area contributed by atoms with Gasteiger partial charge in [-0.15, -0.1) is 11.3 Å². The van der Waals surface area contributed by atoms with E-state index >= 15 is 0 Å². The number of thiazole rings is 1. The first-order chi connectivity index (χ1) is 9.08. The van der Waals surface area contributed by atoms with E-state index in [0.717, 1.165) is 36.8 Å². The van der Waals surface area contributed by atoms with Crippen LogP contribution in [-0.4, -0.2) is 4.98 Å². The van der Waals surface area contributed by atoms with Crippen LogP contribution in [0.15, 0.2) is 23.6 Å². The molecular weight excluding hydrogens is 266 g/mol. The van der Waals surface area contributed by atoms with Crippen LogP contribution in [0.5, 0.6) is 0 Å². The summed E-state index contributed by atoms with van der Waals surface area (Å²) in [7, 11) is 0. The molecule has 2 aromatic rings. The van der Waals surface area contributed by atoms with Crippen LogP contribution in [-0.2, 0) is 5.54 Å². The maximum atomic E-state index is 13.7. The molecule has 19 heavy (non-hydrogen) atoms. The zero-order valence-corrected chi connectivity index (χ0v) is 11.1. The summed E-state index contributed by atoms with van der Waals surface area (Å²) >= 11 is 1.46. The van der Waals surface area contributed by atoms with E-state index in [4.69, 9.17) is 5.73 Å². The number of nitrogens with zero attached hydrogens (tertiary/aromatic N) is 1. The average Bonchev–Trinajstić information content (AvgIpc) is 2.99. The van der Waals surface area contributed by atoms with Crippen molar-refractivity contribution in [2.24, 2.45) is 5.73 Å². The van der Waals surface area contributed by atoms with Crippen LogP contribution in [0.3, 0.4) is 0 Å². The Morgan fingerprint density at radius 2 is 1.95 bits per heavy atom. The van der Waals surface area contributed by atoms with Crippen molar-refractivity contribution in [1.29, 1.82) is 0 Å². The SMILES string of the molecule is NC1(c2nc(-c3ccc(F)cc3F)cs2)CCCC1. The molecule has 0 radical (unpaired) electrons. The molecule has 100 valence electrons. The lowest BCUT2D eigenvalue weighted by atomic mass is 10.0. The Labute approximate surface area is 114 Å². The van der Waals surface area contributed by atoms with E-state index in [0.29, 0.717) is 11.3 Å². The van der Waals surface area contributed by atoms with Gasteiger partial charge in [-0.1, -0.05) is 12.8 Å². The molecule has 3 rings (SSSR count). The Balaban J connectivity index is 1.97. The largest absolute Gasteiger partial charge is 0.319 e. The third-order valence-electron chi connectivity index (χ3n) is 3.63. The third-order valence-corrected chi connectivity index (χ3v) is 4.70. The van der Waals surface area contributed by atoms with Gasteiger partial charge in [-0.2, -0.15) is 0 Å². The number of hydrogen-bond donors (Lipinski definition) is 1. The molecule has 1 heterocycles. The maximum Gasteiger partial charge on any atom is 0.135 e. The van der Waals surface area contributed by atoms with Crippen LogP contribution >= 0.6 is 11.3 Å². The van der Waals surface area contributed by atoms with Gasteiger partial charge in [0.2, 0.25) is 0 Å². The van der Waals surface area contributed by atoms with Gasteiger partial charge >= 0.3 is 0 Å². The van der Waals surface area contributed by atoms with Gasteiger partial charge in [0.05, 0.1) is 11.2 Å². The molecule has 1 fully saturated rings. The first-order valence-electron chi connectivity index (χ1n) is 6.29. The summed E-state index contributed by atoms with van der Waals surface area (Å²) in [5, 5.41) is 2.64.